The fourth-order valence-electron chi connectivity index (χ4n) is 1.99. The van der Waals surface area contributed by atoms with E-state index < -0.39 is 15.8 Å². The molecule has 0 unspecified atom stereocenters. The average molecular weight is 316 g/mol. The zero-order chi connectivity index (χ0) is 16.0. The highest BCUT2D eigenvalue weighted by Gasteiger charge is 2.24. The average Bonchev–Trinajstić information content (AvgIpc) is 2.43. The fraction of sp³-hybridized carbons (Fsp3) is 0.429. The monoisotopic (exact) mass is 316 g/mol. The van der Waals surface area contributed by atoms with Gasteiger partial charge in [-0.15, -0.1) is 6.58 Å². The Labute approximate surface area is 125 Å². The van der Waals surface area contributed by atoms with Crippen molar-refractivity contribution < 1.29 is 17.9 Å². The van der Waals surface area contributed by atoms with E-state index in [4.69, 9.17) is 5.11 Å². The fourth-order valence-corrected chi connectivity index (χ4v) is 3.53. The first kappa shape index (κ1) is 17.8. The lowest BCUT2D eigenvalue weighted by Gasteiger charge is -2.20. The minimum atomic E-state index is -3.80. The summed E-state index contributed by atoms with van der Waals surface area (Å²) >= 11 is 0. The topological polar surface area (TPSA) is 69.6 Å². The summed E-state index contributed by atoms with van der Waals surface area (Å²) in [5.41, 5.74) is 0.558. The molecule has 0 aliphatic carbocycles. The lowest BCUT2D eigenvalue weighted by atomic mass is 10.1. The van der Waals surface area contributed by atoms with Gasteiger partial charge in [0.2, 0.25) is 10.0 Å². The third kappa shape index (κ3) is 4.10. The van der Waals surface area contributed by atoms with E-state index in [1.165, 1.54) is 25.1 Å². The van der Waals surface area contributed by atoms with Crippen LogP contribution in [0.15, 0.2) is 29.7 Å². The summed E-state index contributed by atoms with van der Waals surface area (Å²) < 4.78 is 40.2. The molecule has 118 valence electrons. The van der Waals surface area contributed by atoms with Crippen LogP contribution in [-0.2, 0) is 16.6 Å². The number of rotatable bonds is 8. The quantitative estimate of drug-likeness (QED) is 0.703. The number of aliphatic hydroxyl groups is 1. The van der Waals surface area contributed by atoms with Crippen LogP contribution in [0.4, 0.5) is 4.39 Å². The van der Waals surface area contributed by atoms with Crippen molar-refractivity contribution in [3.8, 4) is 0 Å². The van der Waals surface area contributed by atoms with Gasteiger partial charge in [0.05, 0.1) is 11.5 Å². The van der Waals surface area contributed by atoms with E-state index in [0.717, 1.165) is 4.31 Å². The maximum absolute atomic E-state index is 13.9. The molecule has 0 atom stereocenters. The molecule has 0 radical (unpaired) electrons. The second kappa shape index (κ2) is 7.65. The van der Waals surface area contributed by atoms with Crippen molar-refractivity contribution in [2.24, 2.45) is 0 Å². The predicted octanol–water partition coefficient (Wildman–Crippen LogP) is 1.02. The Kier molecular flexibility index (Phi) is 6.47. The van der Waals surface area contributed by atoms with Crippen LogP contribution in [0.25, 0.3) is 0 Å². The number of nitrogens with zero attached hydrogens (tertiary/aromatic N) is 1. The van der Waals surface area contributed by atoms with Gasteiger partial charge in [0.25, 0.3) is 0 Å². The predicted molar refractivity (Wildman–Crippen MR) is 79.9 cm³/mol. The summed E-state index contributed by atoms with van der Waals surface area (Å²) in [6.45, 7) is 5.02. The van der Waals surface area contributed by atoms with Crippen LogP contribution in [-0.4, -0.2) is 44.6 Å². The molecule has 0 spiro atoms. The second-order valence-corrected chi connectivity index (χ2v) is 6.56. The van der Waals surface area contributed by atoms with Crippen LogP contribution >= 0.6 is 0 Å². The van der Waals surface area contributed by atoms with Crippen LogP contribution in [0.1, 0.15) is 11.1 Å². The van der Waals surface area contributed by atoms with E-state index in [1.807, 2.05) is 0 Å². The Bertz CT molecular complexity index is 602. The maximum Gasteiger partial charge on any atom is 0.243 e. The van der Waals surface area contributed by atoms with Gasteiger partial charge in [-0.25, -0.2) is 12.8 Å². The molecule has 0 amide bonds. The zero-order valence-electron chi connectivity index (χ0n) is 12.3. The third-order valence-corrected chi connectivity index (χ3v) is 4.83. The standard InChI is InChI=1S/C14H21FN2O3S/c1-4-5-17(6-7-18)21(19,20)13-8-11(2)14(15)12(9-13)10-16-3/h4,8-9,16,18H,1,5-7,10H2,2-3H3. The van der Waals surface area contributed by atoms with Gasteiger partial charge in [0, 0.05) is 25.2 Å². The van der Waals surface area contributed by atoms with Gasteiger partial charge in [-0.1, -0.05) is 6.08 Å². The molecule has 7 heteroatoms. The van der Waals surface area contributed by atoms with Gasteiger partial charge in [0.15, 0.2) is 0 Å². The Morgan fingerprint density at radius 1 is 1.48 bits per heavy atom. The van der Waals surface area contributed by atoms with Gasteiger partial charge in [-0.3, -0.25) is 0 Å². The number of sulfonamides is 1. The summed E-state index contributed by atoms with van der Waals surface area (Å²) in [4.78, 5) is 0.0157. The molecular formula is C14H21FN2O3S. The highest BCUT2D eigenvalue weighted by molar-refractivity contribution is 7.89. The van der Waals surface area contributed by atoms with Crippen LogP contribution in [0, 0.1) is 12.7 Å². The lowest BCUT2D eigenvalue weighted by molar-refractivity contribution is 0.260. The highest BCUT2D eigenvalue weighted by atomic mass is 32.2. The minimum absolute atomic E-state index is 0.0157. The van der Waals surface area contributed by atoms with E-state index >= 15 is 0 Å². The van der Waals surface area contributed by atoms with Crippen molar-refractivity contribution in [3.63, 3.8) is 0 Å². The first-order chi connectivity index (χ1) is 9.88. The number of aryl methyl sites for hydroxylation is 1. The van der Waals surface area contributed by atoms with Crippen molar-refractivity contribution >= 4 is 10.0 Å². The molecule has 1 aromatic rings. The largest absolute Gasteiger partial charge is 0.395 e. The van der Waals surface area contributed by atoms with Crippen molar-refractivity contribution in [3.05, 3.63) is 41.7 Å². The Hall–Kier alpha value is -1.28. The molecule has 0 saturated carbocycles. The summed E-state index contributed by atoms with van der Waals surface area (Å²) in [7, 11) is -2.14. The Morgan fingerprint density at radius 3 is 2.67 bits per heavy atom. The molecule has 0 aromatic heterocycles. The molecule has 5 nitrogen and oxygen atoms in total. The first-order valence-corrected chi connectivity index (χ1v) is 7.98. The van der Waals surface area contributed by atoms with Crippen LogP contribution in [0.2, 0.25) is 0 Å². The second-order valence-electron chi connectivity index (χ2n) is 4.62. The maximum atomic E-state index is 13.9. The molecule has 2 N–H and O–H groups in total. The first-order valence-electron chi connectivity index (χ1n) is 6.54. The van der Waals surface area contributed by atoms with E-state index in [1.54, 1.807) is 7.05 Å². The van der Waals surface area contributed by atoms with E-state index in [0.29, 0.717) is 5.56 Å². The third-order valence-electron chi connectivity index (χ3n) is 2.99. The van der Waals surface area contributed by atoms with Crippen molar-refractivity contribution in [2.45, 2.75) is 18.4 Å². The molecule has 0 heterocycles. The molecule has 1 aromatic carbocycles. The summed E-state index contributed by atoms with van der Waals surface area (Å²) in [6, 6.07) is 2.62. The number of aliphatic hydroxyl groups excluding tert-OH is 1. The van der Waals surface area contributed by atoms with Gasteiger partial charge in [0.1, 0.15) is 5.82 Å². The van der Waals surface area contributed by atoms with Crippen molar-refractivity contribution in [2.75, 3.05) is 26.7 Å². The molecule has 0 aliphatic rings. The smallest absolute Gasteiger partial charge is 0.243 e. The minimum Gasteiger partial charge on any atom is -0.395 e. The van der Waals surface area contributed by atoms with Crippen LogP contribution < -0.4 is 5.32 Å². The highest BCUT2D eigenvalue weighted by Crippen LogP contribution is 2.22. The number of hydrogen-bond acceptors (Lipinski definition) is 4. The zero-order valence-corrected chi connectivity index (χ0v) is 13.1. The summed E-state index contributed by atoms with van der Waals surface area (Å²) in [5.74, 6) is -0.416. The van der Waals surface area contributed by atoms with Crippen LogP contribution in [0.5, 0.6) is 0 Å². The SMILES string of the molecule is C=CCN(CCO)S(=O)(=O)c1cc(C)c(F)c(CNC)c1. The van der Waals surface area contributed by atoms with E-state index in [9.17, 15) is 12.8 Å². The molecule has 0 fully saturated rings. The van der Waals surface area contributed by atoms with Gasteiger partial charge in [-0.2, -0.15) is 4.31 Å². The molecular weight excluding hydrogens is 295 g/mol. The summed E-state index contributed by atoms with van der Waals surface area (Å²) in [5, 5.41) is 11.8. The van der Waals surface area contributed by atoms with E-state index in [2.05, 4.69) is 11.9 Å². The number of hydrogen-bond donors (Lipinski definition) is 2. The molecule has 0 bridgehead atoms. The molecule has 0 saturated heterocycles. The number of benzene rings is 1. The molecule has 1 rings (SSSR count). The van der Waals surface area contributed by atoms with Crippen LogP contribution in [0.3, 0.4) is 0 Å². The Morgan fingerprint density at radius 2 is 2.14 bits per heavy atom. The molecule has 21 heavy (non-hydrogen) atoms. The number of halogens is 1. The van der Waals surface area contributed by atoms with Gasteiger partial charge < -0.3 is 10.4 Å². The van der Waals surface area contributed by atoms with Crippen molar-refractivity contribution in [1.82, 2.24) is 9.62 Å². The Balaban J connectivity index is 3.32. The van der Waals surface area contributed by atoms with E-state index in [-0.39, 0.29) is 36.7 Å². The lowest BCUT2D eigenvalue weighted by Crippen LogP contribution is -2.34. The number of nitrogens with one attached hydrogen (secondary N) is 1. The molecule has 0 aliphatic heterocycles. The van der Waals surface area contributed by atoms with Crippen molar-refractivity contribution in [1.29, 1.82) is 0 Å². The van der Waals surface area contributed by atoms with Gasteiger partial charge >= 0.3 is 0 Å². The summed E-state index contributed by atoms with van der Waals surface area (Å²) in [6.07, 6.45) is 1.44. The van der Waals surface area contributed by atoms with Gasteiger partial charge in [-0.05, 0) is 31.7 Å². The normalized spacial score (nSPS) is 11.9.